The molecule has 1 saturated heterocycles. The van der Waals surface area contributed by atoms with Gasteiger partial charge in [-0.05, 0) is 51.0 Å². The SMILES string of the molecule is Cc1cc(C(=O)N2CCC[C@@H](C(=O)O)[C@H]2C)nn1-c1ccc(Cl)cc1Cl. The second-order valence-electron chi connectivity index (χ2n) is 6.50. The van der Waals surface area contributed by atoms with E-state index in [2.05, 4.69) is 5.10 Å². The monoisotopic (exact) mass is 395 g/mol. The predicted molar refractivity (Wildman–Crippen MR) is 99.2 cm³/mol. The largest absolute Gasteiger partial charge is 0.481 e. The Labute approximate surface area is 161 Å². The van der Waals surface area contributed by atoms with Crippen LogP contribution >= 0.6 is 23.2 Å². The number of hydrogen-bond acceptors (Lipinski definition) is 3. The van der Waals surface area contributed by atoms with Crippen molar-refractivity contribution in [2.45, 2.75) is 32.7 Å². The number of benzene rings is 1. The Morgan fingerprint density at radius 3 is 2.65 bits per heavy atom. The Morgan fingerprint density at radius 2 is 2.00 bits per heavy atom. The summed E-state index contributed by atoms with van der Waals surface area (Å²) in [6.45, 7) is 4.13. The second kappa shape index (κ2) is 7.29. The van der Waals surface area contributed by atoms with E-state index in [-0.39, 0.29) is 17.6 Å². The molecule has 138 valence electrons. The fourth-order valence-corrected chi connectivity index (χ4v) is 3.87. The summed E-state index contributed by atoms with van der Waals surface area (Å²) in [7, 11) is 0. The number of aromatic nitrogens is 2. The number of rotatable bonds is 3. The second-order valence-corrected chi connectivity index (χ2v) is 7.35. The van der Waals surface area contributed by atoms with E-state index in [9.17, 15) is 14.7 Å². The average molecular weight is 396 g/mol. The number of likely N-dealkylation sites (tertiary alicyclic amines) is 1. The van der Waals surface area contributed by atoms with Crippen LogP contribution in [-0.2, 0) is 4.79 Å². The average Bonchev–Trinajstić information content (AvgIpc) is 2.96. The molecule has 1 aromatic heterocycles. The summed E-state index contributed by atoms with van der Waals surface area (Å²) in [4.78, 5) is 25.9. The predicted octanol–water partition coefficient (Wildman–Crippen LogP) is 3.81. The first-order valence-corrected chi connectivity index (χ1v) is 9.11. The number of piperidine rings is 1. The maximum atomic E-state index is 12.9. The molecule has 0 radical (unpaired) electrons. The molecule has 1 aromatic carbocycles. The summed E-state index contributed by atoms with van der Waals surface area (Å²) in [6, 6.07) is 6.37. The summed E-state index contributed by atoms with van der Waals surface area (Å²) in [5.74, 6) is -1.69. The third-order valence-corrected chi connectivity index (χ3v) is 5.35. The lowest BCUT2D eigenvalue weighted by Crippen LogP contribution is -2.49. The zero-order valence-corrected chi connectivity index (χ0v) is 16.0. The molecule has 8 heteroatoms. The van der Waals surface area contributed by atoms with Crippen LogP contribution in [0.5, 0.6) is 0 Å². The van der Waals surface area contributed by atoms with Gasteiger partial charge in [-0.2, -0.15) is 5.10 Å². The number of aliphatic carboxylic acids is 1. The maximum absolute atomic E-state index is 12.9. The third kappa shape index (κ3) is 3.44. The van der Waals surface area contributed by atoms with Crippen molar-refractivity contribution in [2.24, 2.45) is 5.92 Å². The minimum Gasteiger partial charge on any atom is -0.481 e. The van der Waals surface area contributed by atoms with Gasteiger partial charge in [0.05, 0.1) is 16.6 Å². The molecule has 1 amide bonds. The van der Waals surface area contributed by atoms with Crippen LogP contribution < -0.4 is 0 Å². The standard InChI is InChI=1S/C18H19Cl2N3O3/c1-10-8-15(21-23(10)16-6-5-12(19)9-14(16)20)17(24)22-7-3-4-13(11(22)2)18(25)26/h5-6,8-9,11,13H,3-4,7H2,1-2H3,(H,25,26)/t11-,13-/m1/s1. The normalized spacial score (nSPS) is 20.2. The molecule has 26 heavy (non-hydrogen) atoms. The molecule has 1 fully saturated rings. The van der Waals surface area contributed by atoms with Crippen LogP contribution in [0, 0.1) is 12.8 Å². The van der Waals surface area contributed by atoms with Gasteiger partial charge in [-0.3, -0.25) is 9.59 Å². The molecule has 3 rings (SSSR count). The van der Waals surface area contributed by atoms with Crippen molar-refractivity contribution in [3.05, 3.63) is 45.7 Å². The number of carboxylic acids is 1. The molecule has 1 aliphatic heterocycles. The molecule has 2 atom stereocenters. The highest BCUT2D eigenvalue weighted by atomic mass is 35.5. The number of carbonyl (C=O) groups excluding carboxylic acids is 1. The quantitative estimate of drug-likeness (QED) is 0.856. The molecule has 0 aliphatic carbocycles. The van der Waals surface area contributed by atoms with Crippen LogP contribution in [0.1, 0.15) is 35.9 Å². The smallest absolute Gasteiger partial charge is 0.308 e. The van der Waals surface area contributed by atoms with Crippen molar-refractivity contribution in [1.82, 2.24) is 14.7 Å². The van der Waals surface area contributed by atoms with E-state index in [4.69, 9.17) is 23.2 Å². The number of carboxylic acid groups (broad SMARTS) is 1. The summed E-state index contributed by atoms with van der Waals surface area (Å²) in [5.41, 5.74) is 1.64. The highest BCUT2D eigenvalue weighted by Crippen LogP contribution is 2.27. The van der Waals surface area contributed by atoms with E-state index in [1.165, 1.54) is 0 Å². The molecule has 0 saturated carbocycles. The van der Waals surface area contributed by atoms with Gasteiger partial charge >= 0.3 is 5.97 Å². The minimum atomic E-state index is -0.871. The fourth-order valence-electron chi connectivity index (χ4n) is 3.38. The van der Waals surface area contributed by atoms with Gasteiger partial charge in [0.25, 0.3) is 5.91 Å². The molecule has 2 aromatic rings. The van der Waals surface area contributed by atoms with Gasteiger partial charge in [0.1, 0.15) is 0 Å². The van der Waals surface area contributed by atoms with Crippen LogP contribution in [0.25, 0.3) is 5.69 Å². The van der Waals surface area contributed by atoms with E-state index in [1.54, 1.807) is 40.8 Å². The van der Waals surface area contributed by atoms with Gasteiger partial charge in [-0.25, -0.2) is 4.68 Å². The Hall–Kier alpha value is -2.05. The van der Waals surface area contributed by atoms with Crippen molar-refractivity contribution in [1.29, 1.82) is 0 Å². The molecular formula is C18H19Cl2N3O3. The Morgan fingerprint density at radius 1 is 1.27 bits per heavy atom. The van der Waals surface area contributed by atoms with E-state index < -0.39 is 11.9 Å². The minimum absolute atomic E-state index is 0.268. The lowest BCUT2D eigenvalue weighted by Gasteiger charge is -2.37. The highest BCUT2D eigenvalue weighted by Gasteiger charge is 2.36. The maximum Gasteiger partial charge on any atom is 0.308 e. The molecular weight excluding hydrogens is 377 g/mol. The van der Waals surface area contributed by atoms with Gasteiger partial charge in [0, 0.05) is 23.3 Å². The number of aryl methyl sites for hydroxylation is 1. The lowest BCUT2D eigenvalue weighted by atomic mass is 9.90. The molecule has 0 unspecified atom stereocenters. The number of nitrogens with zero attached hydrogens (tertiary/aromatic N) is 3. The molecule has 2 heterocycles. The molecule has 0 spiro atoms. The topological polar surface area (TPSA) is 75.4 Å². The summed E-state index contributed by atoms with van der Waals surface area (Å²) >= 11 is 12.2. The van der Waals surface area contributed by atoms with E-state index >= 15 is 0 Å². The zero-order valence-electron chi connectivity index (χ0n) is 14.4. The Balaban J connectivity index is 1.91. The van der Waals surface area contributed by atoms with Gasteiger partial charge < -0.3 is 10.0 Å². The van der Waals surface area contributed by atoms with E-state index in [0.717, 1.165) is 5.69 Å². The summed E-state index contributed by atoms with van der Waals surface area (Å²) < 4.78 is 1.59. The van der Waals surface area contributed by atoms with Crippen molar-refractivity contribution in [3.63, 3.8) is 0 Å². The molecule has 1 aliphatic rings. The van der Waals surface area contributed by atoms with E-state index in [0.29, 0.717) is 35.1 Å². The van der Waals surface area contributed by atoms with Gasteiger partial charge in [-0.15, -0.1) is 0 Å². The third-order valence-electron chi connectivity index (χ3n) is 4.81. The number of halogens is 2. The number of hydrogen-bond donors (Lipinski definition) is 1. The number of carbonyl (C=O) groups is 2. The molecule has 1 N–H and O–H groups in total. The first kappa shape index (κ1) is 18.7. The first-order chi connectivity index (χ1) is 12.3. The van der Waals surface area contributed by atoms with Gasteiger partial charge in [0.2, 0.25) is 0 Å². The zero-order chi connectivity index (χ0) is 19.0. The van der Waals surface area contributed by atoms with Crippen molar-refractivity contribution in [2.75, 3.05) is 6.54 Å². The number of amides is 1. The lowest BCUT2D eigenvalue weighted by molar-refractivity contribution is -0.144. The van der Waals surface area contributed by atoms with Crippen molar-refractivity contribution < 1.29 is 14.7 Å². The summed E-state index contributed by atoms with van der Waals surface area (Å²) in [5, 5.41) is 14.7. The molecule has 0 bridgehead atoms. The Kier molecular flexibility index (Phi) is 5.25. The Bertz CT molecular complexity index is 865. The molecule has 6 nitrogen and oxygen atoms in total. The highest BCUT2D eigenvalue weighted by molar-refractivity contribution is 6.35. The van der Waals surface area contributed by atoms with Crippen molar-refractivity contribution in [3.8, 4) is 5.69 Å². The summed E-state index contributed by atoms with van der Waals surface area (Å²) in [6.07, 6.45) is 1.24. The van der Waals surface area contributed by atoms with Crippen LogP contribution in [0.2, 0.25) is 10.0 Å². The van der Waals surface area contributed by atoms with Crippen LogP contribution in [0.15, 0.2) is 24.3 Å². The first-order valence-electron chi connectivity index (χ1n) is 8.35. The van der Waals surface area contributed by atoms with Crippen LogP contribution in [0.3, 0.4) is 0 Å². The van der Waals surface area contributed by atoms with Gasteiger partial charge in [0.15, 0.2) is 5.69 Å². The van der Waals surface area contributed by atoms with Gasteiger partial charge in [-0.1, -0.05) is 23.2 Å². The van der Waals surface area contributed by atoms with Crippen molar-refractivity contribution >= 4 is 35.1 Å². The fraction of sp³-hybridized carbons (Fsp3) is 0.389. The van der Waals surface area contributed by atoms with Crippen LogP contribution in [0.4, 0.5) is 0 Å². The van der Waals surface area contributed by atoms with E-state index in [1.807, 2.05) is 6.92 Å². The van der Waals surface area contributed by atoms with Crippen LogP contribution in [-0.4, -0.2) is 44.3 Å².